The van der Waals surface area contributed by atoms with Gasteiger partial charge in [-0.25, -0.2) is 9.59 Å². The fourth-order valence-electron chi connectivity index (χ4n) is 2.25. The van der Waals surface area contributed by atoms with Gasteiger partial charge in [-0.1, -0.05) is 18.2 Å². The van der Waals surface area contributed by atoms with Crippen LogP contribution in [-0.2, 0) is 4.74 Å². The second-order valence-corrected chi connectivity index (χ2v) is 4.83. The first-order valence-corrected chi connectivity index (χ1v) is 7.14. The third-order valence-electron chi connectivity index (χ3n) is 3.23. The summed E-state index contributed by atoms with van der Waals surface area (Å²) < 4.78 is 10.1. The average molecular weight is 292 g/mol. The Labute approximate surface area is 124 Å². The molecule has 1 atom stereocenters. The zero-order valence-electron chi connectivity index (χ0n) is 12.1. The Morgan fingerprint density at radius 1 is 1.33 bits per heavy atom. The number of nitrogens with zero attached hydrogens (tertiary/aromatic N) is 1. The van der Waals surface area contributed by atoms with E-state index in [1.165, 1.54) is 0 Å². The van der Waals surface area contributed by atoms with Gasteiger partial charge in [0.05, 0.1) is 6.61 Å². The van der Waals surface area contributed by atoms with Crippen LogP contribution in [0, 0.1) is 0 Å². The predicted molar refractivity (Wildman–Crippen MR) is 77.2 cm³/mol. The van der Waals surface area contributed by atoms with Gasteiger partial charge in [-0.3, -0.25) is 0 Å². The van der Waals surface area contributed by atoms with Gasteiger partial charge in [-0.2, -0.15) is 0 Å². The number of amides is 2. The molecule has 0 aliphatic carbocycles. The number of hydrogen-bond acceptors (Lipinski definition) is 4. The van der Waals surface area contributed by atoms with Crippen molar-refractivity contribution in [1.29, 1.82) is 0 Å². The van der Waals surface area contributed by atoms with Crippen LogP contribution in [0.1, 0.15) is 19.8 Å². The van der Waals surface area contributed by atoms with Gasteiger partial charge >= 0.3 is 12.2 Å². The van der Waals surface area contributed by atoms with Gasteiger partial charge in [0, 0.05) is 19.1 Å². The average Bonchev–Trinajstić information content (AvgIpc) is 2.48. The summed E-state index contributed by atoms with van der Waals surface area (Å²) in [6.07, 6.45) is 0.812. The topological polar surface area (TPSA) is 67.9 Å². The molecule has 1 aromatic carbocycles. The van der Waals surface area contributed by atoms with Crippen LogP contribution in [0.3, 0.4) is 0 Å². The third-order valence-corrected chi connectivity index (χ3v) is 3.23. The summed E-state index contributed by atoms with van der Waals surface area (Å²) >= 11 is 0. The van der Waals surface area contributed by atoms with Crippen molar-refractivity contribution in [2.45, 2.75) is 25.8 Å². The van der Waals surface area contributed by atoms with Crippen LogP contribution in [0.4, 0.5) is 9.59 Å². The van der Waals surface area contributed by atoms with Gasteiger partial charge in [0.2, 0.25) is 0 Å². The highest BCUT2D eigenvalue weighted by Crippen LogP contribution is 2.14. The molecule has 0 radical (unpaired) electrons. The fraction of sp³-hybridized carbons (Fsp3) is 0.467. The maximum atomic E-state index is 12.1. The third kappa shape index (κ3) is 4.66. The zero-order valence-corrected chi connectivity index (χ0v) is 12.1. The lowest BCUT2D eigenvalue weighted by Gasteiger charge is -2.32. The highest BCUT2D eigenvalue weighted by atomic mass is 16.6. The van der Waals surface area contributed by atoms with Crippen molar-refractivity contribution >= 4 is 12.2 Å². The number of likely N-dealkylation sites (tertiary alicyclic amines) is 1. The molecule has 1 N–H and O–H groups in total. The molecular weight excluding hydrogens is 272 g/mol. The molecule has 1 saturated heterocycles. The van der Waals surface area contributed by atoms with Crippen LogP contribution in [0.5, 0.6) is 5.75 Å². The molecule has 0 bridgehead atoms. The van der Waals surface area contributed by atoms with Crippen molar-refractivity contribution in [3.63, 3.8) is 0 Å². The first kappa shape index (κ1) is 15.2. The molecule has 2 rings (SSSR count). The van der Waals surface area contributed by atoms with E-state index < -0.39 is 12.2 Å². The summed E-state index contributed by atoms with van der Waals surface area (Å²) in [5.41, 5.74) is 0. The monoisotopic (exact) mass is 292 g/mol. The lowest BCUT2D eigenvalue weighted by Crippen LogP contribution is -2.50. The maximum absolute atomic E-state index is 12.1. The largest absolute Gasteiger partial charge is 0.450 e. The van der Waals surface area contributed by atoms with E-state index in [0.29, 0.717) is 25.4 Å². The minimum Gasteiger partial charge on any atom is -0.450 e. The summed E-state index contributed by atoms with van der Waals surface area (Å²) in [4.78, 5) is 25.1. The second-order valence-electron chi connectivity index (χ2n) is 4.83. The van der Waals surface area contributed by atoms with Crippen molar-refractivity contribution in [2.75, 3.05) is 19.7 Å². The van der Waals surface area contributed by atoms with E-state index in [1.54, 1.807) is 24.0 Å². The smallest absolute Gasteiger partial charge is 0.415 e. The summed E-state index contributed by atoms with van der Waals surface area (Å²) in [5.74, 6) is 0.517. The van der Waals surface area contributed by atoms with E-state index in [0.717, 1.165) is 12.8 Å². The summed E-state index contributed by atoms with van der Waals surface area (Å²) in [5, 5.41) is 2.76. The fourth-order valence-corrected chi connectivity index (χ4v) is 2.25. The molecule has 1 aromatic rings. The molecule has 0 saturated carbocycles. The number of ether oxygens (including phenoxy) is 2. The number of benzene rings is 1. The van der Waals surface area contributed by atoms with Gasteiger partial charge in [0.15, 0.2) is 0 Å². The maximum Gasteiger partial charge on any atom is 0.415 e. The summed E-state index contributed by atoms with van der Waals surface area (Å²) in [7, 11) is 0. The molecule has 6 heteroatoms. The Morgan fingerprint density at radius 3 is 2.81 bits per heavy atom. The SMILES string of the molecule is CCOC(=O)NC1CCCN(C(=O)Oc2ccccc2)C1. The van der Waals surface area contributed by atoms with E-state index in [4.69, 9.17) is 9.47 Å². The molecular formula is C15H20N2O4. The Bertz CT molecular complexity index is 478. The van der Waals surface area contributed by atoms with Crippen LogP contribution in [0.25, 0.3) is 0 Å². The van der Waals surface area contributed by atoms with Crippen molar-refractivity contribution < 1.29 is 19.1 Å². The second kappa shape index (κ2) is 7.52. The van der Waals surface area contributed by atoms with Crippen LogP contribution >= 0.6 is 0 Å². The van der Waals surface area contributed by atoms with Crippen LogP contribution in [-0.4, -0.2) is 42.8 Å². The number of alkyl carbamates (subject to hydrolysis) is 1. The first-order chi connectivity index (χ1) is 10.2. The van der Waals surface area contributed by atoms with Gasteiger partial charge in [-0.05, 0) is 31.9 Å². The van der Waals surface area contributed by atoms with Crippen LogP contribution in [0.15, 0.2) is 30.3 Å². The van der Waals surface area contributed by atoms with Crippen LogP contribution in [0.2, 0.25) is 0 Å². The van der Waals surface area contributed by atoms with E-state index in [1.807, 2.05) is 18.2 Å². The molecule has 1 aliphatic heterocycles. The molecule has 0 aromatic heterocycles. The number of rotatable bonds is 3. The molecule has 2 amide bonds. The van der Waals surface area contributed by atoms with Crippen molar-refractivity contribution in [3.8, 4) is 5.75 Å². The molecule has 0 spiro atoms. The molecule has 21 heavy (non-hydrogen) atoms. The van der Waals surface area contributed by atoms with Gasteiger partial charge in [-0.15, -0.1) is 0 Å². The highest BCUT2D eigenvalue weighted by molar-refractivity contribution is 5.71. The highest BCUT2D eigenvalue weighted by Gasteiger charge is 2.26. The molecule has 6 nitrogen and oxygen atoms in total. The molecule has 1 fully saturated rings. The number of hydrogen-bond donors (Lipinski definition) is 1. The standard InChI is InChI=1S/C15H20N2O4/c1-2-20-14(18)16-12-7-6-10-17(11-12)15(19)21-13-8-4-3-5-9-13/h3-5,8-9,12H,2,6-7,10-11H2,1H3,(H,16,18). The Hall–Kier alpha value is -2.24. The van der Waals surface area contributed by atoms with Gasteiger partial charge < -0.3 is 19.7 Å². The number of carbonyl (C=O) groups is 2. The Kier molecular flexibility index (Phi) is 5.43. The number of para-hydroxylation sites is 1. The summed E-state index contributed by atoms with van der Waals surface area (Å²) in [6.45, 7) is 3.15. The van der Waals surface area contributed by atoms with Crippen molar-refractivity contribution in [1.82, 2.24) is 10.2 Å². The van der Waals surface area contributed by atoms with Crippen LogP contribution < -0.4 is 10.1 Å². The Morgan fingerprint density at radius 2 is 2.10 bits per heavy atom. The number of piperidine rings is 1. The number of carbonyl (C=O) groups excluding carboxylic acids is 2. The minimum atomic E-state index is -0.444. The van der Waals surface area contributed by atoms with Crippen molar-refractivity contribution in [2.24, 2.45) is 0 Å². The van der Waals surface area contributed by atoms with E-state index in [9.17, 15) is 9.59 Å². The molecule has 1 aliphatic rings. The lowest BCUT2D eigenvalue weighted by molar-refractivity contribution is 0.120. The molecule has 1 heterocycles. The Balaban J connectivity index is 1.85. The normalized spacial score (nSPS) is 18.0. The van der Waals surface area contributed by atoms with Gasteiger partial charge in [0.25, 0.3) is 0 Å². The van der Waals surface area contributed by atoms with E-state index in [-0.39, 0.29) is 6.04 Å². The lowest BCUT2D eigenvalue weighted by atomic mass is 10.1. The minimum absolute atomic E-state index is 0.0962. The van der Waals surface area contributed by atoms with Crippen molar-refractivity contribution in [3.05, 3.63) is 30.3 Å². The zero-order chi connectivity index (χ0) is 15.1. The number of nitrogens with one attached hydrogen (secondary N) is 1. The molecule has 1 unspecified atom stereocenters. The molecule has 114 valence electrons. The van der Waals surface area contributed by atoms with E-state index >= 15 is 0 Å². The first-order valence-electron chi connectivity index (χ1n) is 7.14. The van der Waals surface area contributed by atoms with E-state index in [2.05, 4.69) is 5.32 Å². The predicted octanol–water partition coefficient (Wildman–Crippen LogP) is 2.40. The quantitative estimate of drug-likeness (QED) is 0.929. The summed E-state index contributed by atoms with van der Waals surface area (Å²) in [6, 6.07) is 8.85. The van der Waals surface area contributed by atoms with Gasteiger partial charge in [0.1, 0.15) is 5.75 Å².